The van der Waals surface area contributed by atoms with E-state index in [9.17, 15) is 9.18 Å². The summed E-state index contributed by atoms with van der Waals surface area (Å²) in [4.78, 5) is 20.8. The predicted octanol–water partition coefficient (Wildman–Crippen LogP) is 4.07. The Morgan fingerprint density at radius 3 is 2.90 bits per heavy atom. The van der Waals surface area contributed by atoms with Gasteiger partial charge >= 0.3 is 0 Å². The highest BCUT2D eigenvalue weighted by Gasteiger charge is 2.40. The van der Waals surface area contributed by atoms with Crippen LogP contribution in [0.4, 0.5) is 4.39 Å². The van der Waals surface area contributed by atoms with Crippen LogP contribution in [0.15, 0.2) is 58.6 Å². The highest BCUT2D eigenvalue weighted by atomic mass is 32.1. The molecule has 146 valence electrons. The fourth-order valence-corrected chi connectivity index (χ4v) is 4.87. The number of benzene rings is 1. The first-order chi connectivity index (χ1) is 13.8. The van der Waals surface area contributed by atoms with Crippen molar-refractivity contribution in [3.8, 4) is 16.5 Å². The zero-order chi connectivity index (χ0) is 20.8. The lowest BCUT2D eigenvalue weighted by molar-refractivity contribution is -0.122. The average molecular weight is 406 g/mol. The zero-order valence-corrected chi connectivity index (χ0v) is 16.9. The van der Waals surface area contributed by atoms with Crippen LogP contribution < -0.4 is 5.73 Å². The highest BCUT2D eigenvalue weighted by Crippen LogP contribution is 2.45. The van der Waals surface area contributed by atoms with Gasteiger partial charge in [0.2, 0.25) is 0 Å². The zero-order valence-electron chi connectivity index (χ0n) is 16.1. The van der Waals surface area contributed by atoms with Crippen LogP contribution >= 0.6 is 11.3 Å². The topological polar surface area (TPSA) is 82.5 Å². The Kier molecular flexibility index (Phi) is 4.59. The molecule has 1 aromatic carbocycles. The third-order valence-corrected chi connectivity index (χ3v) is 6.78. The van der Waals surface area contributed by atoms with Crippen molar-refractivity contribution in [2.75, 3.05) is 7.05 Å². The van der Waals surface area contributed by atoms with Crippen LogP contribution in [0.5, 0.6) is 0 Å². The third kappa shape index (κ3) is 3.06. The standard InChI is InChI=1S/C22H19FN4OS/c1-22(16-6-4-3-5-15(16)20(28)27(2)21(25)26-22)19-10-9-18(29-19)13-7-8-17(23)14(11-13)12-24/h3,5,7-11H,4,6H2,1-2H3,(H2,25,26). The van der Waals surface area contributed by atoms with E-state index in [1.54, 1.807) is 19.2 Å². The normalized spacial score (nSPS) is 21.5. The Morgan fingerprint density at radius 1 is 1.34 bits per heavy atom. The molecule has 1 atom stereocenters. The second kappa shape index (κ2) is 6.98. The van der Waals surface area contributed by atoms with Crippen LogP contribution in [-0.4, -0.2) is 23.8 Å². The second-order valence-corrected chi connectivity index (χ2v) is 8.29. The molecule has 2 aromatic rings. The number of nitrogens with two attached hydrogens (primary N) is 1. The molecule has 5 nitrogen and oxygen atoms in total. The van der Waals surface area contributed by atoms with E-state index in [0.29, 0.717) is 5.57 Å². The average Bonchev–Trinajstić information content (AvgIpc) is 3.21. The molecule has 1 aliphatic carbocycles. The van der Waals surface area contributed by atoms with Gasteiger partial charge in [-0.2, -0.15) is 5.26 Å². The molecule has 0 radical (unpaired) electrons. The summed E-state index contributed by atoms with van der Waals surface area (Å²) in [7, 11) is 1.63. The Balaban J connectivity index is 1.85. The molecule has 0 saturated heterocycles. The molecule has 1 unspecified atom stereocenters. The highest BCUT2D eigenvalue weighted by molar-refractivity contribution is 7.15. The Bertz CT molecular complexity index is 1150. The number of likely N-dealkylation sites (N-methyl/N-ethyl adjacent to an activating group) is 1. The molecule has 0 spiro atoms. The number of thiophene rings is 1. The minimum atomic E-state index is -0.772. The van der Waals surface area contributed by atoms with Crippen molar-refractivity contribution in [3.05, 3.63) is 69.9 Å². The van der Waals surface area contributed by atoms with E-state index in [-0.39, 0.29) is 17.4 Å². The maximum atomic E-state index is 13.7. The van der Waals surface area contributed by atoms with Gasteiger partial charge in [0.25, 0.3) is 5.91 Å². The van der Waals surface area contributed by atoms with Gasteiger partial charge in [0.15, 0.2) is 5.96 Å². The van der Waals surface area contributed by atoms with Gasteiger partial charge in [0.1, 0.15) is 17.4 Å². The van der Waals surface area contributed by atoms with Crippen LogP contribution in [0.1, 0.15) is 30.2 Å². The van der Waals surface area contributed by atoms with Crippen molar-refractivity contribution in [3.63, 3.8) is 0 Å². The fraction of sp³-hybridized carbons (Fsp3) is 0.227. The number of rotatable bonds is 2. The Labute approximate surface area is 172 Å². The van der Waals surface area contributed by atoms with Gasteiger partial charge in [0.05, 0.1) is 5.56 Å². The van der Waals surface area contributed by atoms with Crippen LogP contribution in [0.25, 0.3) is 10.4 Å². The van der Waals surface area contributed by atoms with E-state index in [2.05, 4.69) is 0 Å². The number of carbonyl (C=O) groups is 1. The number of halogens is 1. The number of allylic oxidation sites excluding steroid dienone is 1. The SMILES string of the molecule is CN1C(=O)C2=C(CCC=C2)C(C)(c2ccc(-c3ccc(F)c(C#N)c3)s2)N=C1N. The fourth-order valence-electron chi connectivity index (χ4n) is 3.75. The van der Waals surface area contributed by atoms with Gasteiger partial charge in [-0.05, 0) is 55.2 Å². The molecule has 1 aliphatic heterocycles. The molecule has 7 heteroatoms. The number of carbonyl (C=O) groups excluding carboxylic acids is 1. The maximum absolute atomic E-state index is 13.7. The summed E-state index contributed by atoms with van der Waals surface area (Å²) in [5.74, 6) is -0.523. The minimum absolute atomic E-state index is 0.00928. The number of amides is 1. The van der Waals surface area contributed by atoms with E-state index in [0.717, 1.165) is 33.7 Å². The van der Waals surface area contributed by atoms with Crippen molar-refractivity contribution >= 4 is 23.2 Å². The van der Waals surface area contributed by atoms with Crippen molar-refractivity contribution in [1.29, 1.82) is 5.26 Å². The molecule has 0 bridgehead atoms. The largest absolute Gasteiger partial charge is 0.369 e. The van der Waals surface area contributed by atoms with Gasteiger partial charge < -0.3 is 5.73 Å². The number of hydrogen-bond donors (Lipinski definition) is 1. The van der Waals surface area contributed by atoms with E-state index >= 15 is 0 Å². The first kappa shape index (κ1) is 19.1. The lowest BCUT2D eigenvalue weighted by atomic mass is 9.81. The van der Waals surface area contributed by atoms with Gasteiger partial charge in [-0.25, -0.2) is 9.38 Å². The molecule has 0 saturated carbocycles. The molecule has 2 N–H and O–H groups in total. The summed E-state index contributed by atoms with van der Waals surface area (Å²) in [5.41, 5.74) is 7.72. The summed E-state index contributed by atoms with van der Waals surface area (Å²) in [6, 6.07) is 10.3. The second-order valence-electron chi connectivity index (χ2n) is 7.21. The number of aliphatic imine (C=N–C) groups is 1. The molecule has 1 amide bonds. The van der Waals surface area contributed by atoms with Crippen LogP contribution in [0, 0.1) is 17.1 Å². The first-order valence-corrected chi connectivity index (χ1v) is 10.0. The Hall–Kier alpha value is -3.24. The summed E-state index contributed by atoms with van der Waals surface area (Å²) in [5, 5.41) is 9.11. The van der Waals surface area contributed by atoms with Crippen LogP contribution in [0.2, 0.25) is 0 Å². The van der Waals surface area contributed by atoms with Gasteiger partial charge in [0, 0.05) is 22.4 Å². The summed E-state index contributed by atoms with van der Waals surface area (Å²) in [6.07, 6.45) is 5.41. The minimum Gasteiger partial charge on any atom is -0.369 e. The monoisotopic (exact) mass is 406 g/mol. The smallest absolute Gasteiger partial charge is 0.260 e. The summed E-state index contributed by atoms with van der Waals surface area (Å²) < 4.78 is 13.7. The van der Waals surface area contributed by atoms with Gasteiger partial charge in [-0.1, -0.05) is 18.2 Å². The molecule has 2 heterocycles. The van der Waals surface area contributed by atoms with Crippen LogP contribution in [0.3, 0.4) is 0 Å². The van der Waals surface area contributed by atoms with Crippen molar-refractivity contribution in [1.82, 2.24) is 4.90 Å². The van der Waals surface area contributed by atoms with E-state index in [4.69, 9.17) is 16.0 Å². The number of hydrogen-bond acceptors (Lipinski definition) is 5. The van der Waals surface area contributed by atoms with Crippen LogP contribution in [-0.2, 0) is 10.3 Å². The molecular formula is C22H19FN4OS. The van der Waals surface area contributed by atoms with Gasteiger partial charge in [-0.3, -0.25) is 9.69 Å². The van der Waals surface area contributed by atoms with Crippen molar-refractivity contribution in [2.45, 2.75) is 25.3 Å². The predicted molar refractivity (Wildman–Crippen MR) is 112 cm³/mol. The lowest BCUT2D eigenvalue weighted by Gasteiger charge is -2.29. The number of nitriles is 1. The lowest BCUT2D eigenvalue weighted by Crippen LogP contribution is -2.39. The maximum Gasteiger partial charge on any atom is 0.260 e. The van der Waals surface area contributed by atoms with Crippen molar-refractivity contribution in [2.24, 2.45) is 10.7 Å². The summed E-state index contributed by atoms with van der Waals surface area (Å²) >= 11 is 1.50. The molecule has 29 heavy (non-hydrogen) atoms. The number of guanidine groups is 1. The third-order valence-electron chi connectivity index (χ3n) is 5.43. The molecular weight excluding hydrogens is 387 g/mol. The number of nitrogens with zero attached hydrogens (tertiary/aromatic N) is 3. The quantitative estimate of drug-likeness (QED) is 0.816. The Morgan fingerprint density at radius 2 is 2.14 bits per heavy atom. The van der Waals surface area contributed by atoms with Gasteiger partial charge in [-0.15, -0.1) is 11.3 Å². The molecule has 2 aliphatic rings. The van der Waals surface area contributed by atoms with E-state index < -0.39 is 11.4 Å². The first-order valence-electron chi connectivity index (χ1n) is 9.19. The summed E-state index contributed by atoms with van der Waals surface area (Å²) in [6.45, 7) is 1.97. The van der Waals surface area contributed by atoms with E-state index in [1.807, 2.05) is 37.3 Å². The van der Waals surface area contributed by atoms with Crippen molar-refractivity contribution < 1.29 is 9.18 Å². The molecule has 4 rings (SSSR count). The molecule has 1 aromatic heterocycles. The molecule has 0 fully saturated rings. The van der Waals surface area contributed by atoms with E-state index in [1.165, 1.54) is 22.3 Å².